The van der Waals surface area contributed by atoms with E-state index in [1.807, 2.05) is 13.8 Å². The molecule has 0 spiro atoms. The molecule has 0 bridgehead atoms. The number of sulfone groups is 1. The fraction of sp³-hybridized carbons (Fsp3) is 0.318. The molecule has 0 aliphatic rings. The Morgan fingerprint density at radius 3 is 2.42 bits per heavy atom. The third kappa shape index (κ3) is 6.69. The highest BCUT2D eigenvalue weighted by Crippen LogP contribution is 2.32. The van der Waals surface area contributed by atoms with Gasteiger partial charge in [-0.2, -0.15) is 0 Å². The van der Waals surface area contributed by atoms with Crippen molar-refractivity contribution in [3.8, 4) is 23.0 Å². The summed E-state index contributed by atoms with van der Waals surface area (Å²) in [4.78, 5) is 12.4. The molecule has 0 saturated heterocycles. The first-order valence-electron chi connectivity index (χ1n) is 10.3. The molecule has 0 radical (unpaired) electrons. The van der Waals surface area contributed by atoms with Crippen molar-refractivity contribution in [3.63, 3.8) is 0 Å². The number of hydrogen-bond acceptors (Lipinski definition) is 8. The molecule has 3 aromatic rings. The quantitative estimate of drug-likeness (QED) is 0.417. The van der Waals surface area contributed by atoms with Crippen LogP contribution in [0, 0.1) is 0 Å². The number of rotatable bonds is 11. The minimum absolute atomic E-state index is 0.0257. The smallest absolute Gasteiger partial charge is 0.322 e. The third-order valence-electron chi connectivity index (χ3n) is 4.45. The van der Waals surface area contributed by atoms with Crippen LogP contribution in [0.2, 0.25) is 5.02 Å². The maximum absolute atomic E-state index is 12.3. The van der Waals surface area contributed by atoms with Gasteiger partial charge in [0.05, 0.1) is 23.9 Å². The zero-order valence-corrected chi connectivity index (χ0v) is 19.8. The summed E-state index contributed by atoms with van der Waals surface area (Å²) >= 11 is 5.79. The fourth-order valence-electron chi connectivity index (χ4n) is 2.94. The Bertz CT molecular complexity index is 1200. The van der Waals surface area contributed by atoms with E-state index in [1.54, 1.807) is 18.2 Å². The summed E-state index contributed by atoms with van der Waals surface area (Å²) in [5, 5.41) is 10.7. The van der Waals surface area contributed by atoms with Gasteiger partial charge >= 0.3 is 6.01 Å². The predicted molar refractivity (Wildman–Crippen MR) is 123 cm³/mol. The highest BCUT2D eigenvalue weighted by molar-refractivity contribution is 7.91. The average Bonchev–Trinajstić information content (AvgIpc) is 3.24. The molecule has 33 heavy (non-hydrogen) atoms. The molecule has 1 heterocycles. The number of nitrogens with zero attached hydrogens (tertiary/aromatic N) is 2. The van der Waals surface area contributed by atoms with Crippen LogP contribution in [0.15, 0.2) is 51.8 Å². The van der Waals surface area contributed by atoms with Crippen LogP contribution in [0.5, 0.6) is 11.5 Å². The van der Waals surface area contributed by atoms with Crippen LogP contribution in [-0.4, -0.2) is 43.5 Å². The Kier molecular flexibility index (Phi) is 8.29. The molecule has 1 aromatic heterocycles. The maximum atomic E-state index is 12.3. The molecule has 0 unspecified atom stereocenters. The van der Waals surface area contributed by atoms with E-state index in [0.717, 1.165) is 0 Å². The minimum atomic E-state index is -3.51. The standard InChI is InChI=1S/C22H24ClN3O6S/c1-3-30-18-12-7-15(14-19(18)31-4-2)21-25-26-22(32-21)24-20(27)6-5-13-33(28,29)17-10-8-16(23)9-11-17/h7-12,14H,3-6,13H2,1-2H3,(H,24,26,27). The van der Waals surface area contributed by atoms with Crippen LogP contribution in [0.25, 0.3) is 11.5 Å². The van der Waals surface area contributed by atoms with Gasteiger partial charge in [0.15, 0.2) is 21.3 Å². The van der Waals surface area contributed by atoms with Gasteiger partial charge in [0.25, 0.3) is 0 Å². The van der Waals surface area contributed by atoms with Crippen LogP contribution in [-0.2, 0) is 14.6 Å². The number of nitrogens with one attached hydrogen (secondary N) is 1. The normalized spacial score (nSPS) is 11.2. The van der Waals surface area contributed by atoms with Gasteiger partial charge in [-0.25, -0.2) is 8.42 Å². The summed E-state index contributed by atoms with van der Waals surface area (Å²) in [6.07, 6.45) is 0.108. The lowest BCUT2D eigenvalue weighted by molar-refractivity contribution is -0.116. The molecule has 0 atom stereocenters. The lowest BCUT2D eigenvalue weighted by Crippen LogP contribution is -2.14. The van der Waals surface area contributed by atoms with Crippen molar-refractivity contribution in [1.29, 1.82) is 0 Å². The highest BCUT2D eigenvalue weighted by Gasteiger charge is 2.17. The molecule has 3 rings (SSSR count). The second kappa shape index (κ2) is 11.2. The van der Waals surface area contributed by atoms with Crippen LogP contribution in [0.1, 0.15) is 26.7 Å². The number of aromatic nitrogens is 2. The Morgan fingerprint density at radius 1 is 1.03 bits per heavy atom. The van der Waals surface area contributed by atoms with Gasteiger partial charge in [-0.05, 0) is 62.7 Å². The summed E-state index contributed by atoms with van der Waals surface area (Å²) in [5.41, 5.74) is 0.601. The first kappa shape index (κ1) is 24.5. The van der Waals surface area contributed by atoms with Crippen molar-refractivity contribution in [3.05, 3.63) is 47.5 Å². The van der Waals surface area contributed by atoms with E-state index in [-0.39, 0.29) is 35.4 Å². The molecule has 0 aliphatic heterocycles. The van der Waals surface area contributed by atoms with Crippen molar-refractivity contribution < 1.29 is 27.1 Å². The number of carbonyl (C=O) groups is 1. The summed E-state index contributed by atoms with van der Waals surface area (Å²) in [6, 6.07) is 11.0. The van der Waals surface area contributed by atoms with E-state index in [1.165, 1.54) is 24.3 Å². The molecule has 0 aliphatic carbocycles. The van der Waals surface area contributed by atoms with Gasteiger partial charge < -0.3 is 13.9 Å². The molecular formula is C22H24ClN3O6S. The molecule has 1 amide bonds. The van der Waals surface area contributed by atoms with Gasteiger partial charge in [-0.15, -0.1) is 5.10 Å². The van der Waals surface area contributed by atoms with Gasteiger partial charge in [0.1, 0.15) is 0 Å². The summed E-state index contributed by atoms with van der Waals surface area (Å²) in [7, 11) is -3.51. The van der Waals surface area contributed by atoms with Crippen LogP contribution < -0.4 is 14.8 Å². The second-order valence-corrected chi connectivity index (χ2v) is 9.41. The first-order valence-corrected chi connectivity index (χ1v) is 12.4. The van der Waals surface area contributed by atoms with Crippen molar-refractivity contribution in [2.45, 2.75) is 31.6 Å². The lowest BCUT2D eigenvalue weighted by atomic mass is 10.2. The maximum Gasteiger partial charge on any atom is 0.322 e. The summed E-state index contributed by atoms with van der Waals surface area (Å²) in [6.45, 7) is 4.70. The van der Waals surface area contributed by atoms with E-state index >= 15 is 0 Å². The number of benzene rings is 2. The van der Waals surface area contributed by atoms with Crippen LogP contribution in [0.3, 0.4) is 0 Å². The summed E-state index contributed by atoms with van der Waals surface area (Å²) in [5.74, 6) is 0.730. The van der Waals surface area contributed by atoms with Crippen LogP contribution >= 0.6 is 11.6 Å². The molecule has 0 fully saturated rings. The lowest BCUT2D eigenvalue weighted by Gasteiger charge is -2.11. The van der Waals surface area contributed by atoms with E-state index in [0.29, 0.717) is 35.3 Å². The molecule has 0 saturated carbocycles. The van der Waals surface area contributed by atoms with Gasteiger partial charge in [-0.1, -0.05) is 16.7 Å². The minimum Gasteiger partial charge on any atom is -0.490 e. The fourth-order valence-corrected chi connectivity index (χ4v) is 4.38. The van der Waals surface area contributed by atoms with Crippen LogP contribution in [0.4, 0.5) is 6.01 Å². The number of amides is 1. The first-order chi connectivity index (χ1) is 15.8. The Morgan fingerprint density at radius 2 is 1.73 bits per heavy atom. The topological polar surface area (TPSA) is 121 Å². The Labute approximate surface area is 197 Å². The summed E-state index contributed by atoms with van der Waals surface area (Å²) < 4.78 is 41.3. The molecule has 9 nitrogen and oxygen atoms in total. The Hall–Kier alpha value is -3.11. The van der Waals surface area contributed by atoms with Crippen molar-refractivity contribution in [1.82, 2.24) is 10.2 Å². The number of halogens is 1. The molecule has 11 heteroatoms. The Balaban J connectivity index is 1.57. The third-order valence-corrected chi connectivity index (χ3v) is 6.52. The second-order valence-electron chi connectivity index (χ2n) is 6.86. The molecule has 176 valence electrons. The zero-order chi connectivity index (χ0) is 23.8. The van der Waals surface area contributed by atoms with Crippen molar-refractivity contribution in [2.24, 2.45) is 0 Å². The average molecular weight is 494 g/mol. The van der Waals surface area contributed by atoms with E-state index < -0.39 is 15.7 Å². The molecule has 2 aromatic carbocycles. The number of hydrogen-bond donors (Lipinski definition) is 1. The van der Waals surface area contributed by atoms with Gasteiger partial charge in [0, 0.05) is 17.0 Å². The zero-order valence-electron chi connectivity index (χ0n) is 18.2. The van der Waals surface area contributed by atoms with Gasteiger partial charge in [0.2, 0.25) is 11.8 Å². The highest BCUT2D eigenvalue weighted by atomic mass is 35.5. The SMILES string of the molecule is CCOc1ccc(-c2nnc(NC(=O)CCCS(=O)(=O)c3ccc(Cl)cc3)o2)cc1OCC. The largest absolute Gasteiger partial charge is 0.490 e. The van der Waals surface area contributed by atoms with E-state index in [9.17, 15) is 13.2 Å². The number of carbonyl (C=O) groups excluding carboxylic acids is 1. The van der Waals surface area contributed by atoms with E-state index in [4.69, 9.17) is 25.5 Å². The molecular weight excluding hydrogens is 470 g/mol. The number of anilines is 1. The monoisotopic (exact) mass is 493 g/mol. The predicted octanol–water partition coefficient (Wildman–Crippen LogP) is 4.38. The number of ether oxygens (including phenoxy) is 2. The van der Waals surface area contributed by atoms with E-state index in [2.05, 4.69) is 15.5 Å². The molecule has 1 N–H and O–H groups in total. The van der Waals surface area contributed by atoms with Gasteiger partial charge in [-0.3, -0.25) is 10.1 Å². The van der Waals surface area contributed by atoms with Crippen molar-refractivity contribution >= 4 is 33.4 Å². The van der Waals surface area contributed by atoms with Crippen molar-refractivity contribution in [2.75, 3.05) is 24.3 Å².